The zero-order valence-electron chi connectivity index (χ0n) is 8.95. The van der Waals surface area contributed by atoms with Gasteiger partial charge in [-0.25, -0.2) is 0 Å². The molecule has 0 amide bonds. The van der Waals surface area contributed by atoms with Gasteiger partial charge in [0.05, 0.1) is 6.04 Å². The third-order valence-electron chi connectivity index (χ3n) is 2.90. The van der Waals surface area contributed by atoms with E-state index in [0.29, 0.717) is 6.04 Å². The summed E-state index contributed by atoms with van der Waals surface area (Å²) in [4.78, 5) is 0. The smallest absolute Gasteiger partial charge is 0.150 e. The molecule has 1 fully saturated rings. The predicted octanol–water partition coefficient (Wildman–Crippen LogP) is 1.42. The van der Waals surface area contributed by atoms with Gasteiger partial charge in [0.15, 0.2) is 0 Å². The molecule has 1 N–H and O–H groups in total. The number of hydrogen-bond acceptors (Lipinski definition) is 3. The first-order chi connectivity index (χ1) is 6.83. The molecule has 1 saturated heterocycles. The molecular weight excluding hydrogens is 176 g/mol. The number of aromatic nitrogens is 3. The minimum absolute atomic E-state index is 0.421. The molecule has 1 aliphatic heterocycles. The Morgan fingerprint density at radius 3 is 2.93 bits per heavy atom. The quantitative estimate of drug-likeness (QED) is 0.774. The fourth-order valence-corrected chi connectivity index (χ4v) is 2.12. The van der Waals surface area contributed by atoms with E-state index in [1.54, 1.807) is 0 Å². The normalized spacial score (nSPS) is 22.6. The summed E-state index contributed by atoms with van der Waals surface area (Å²) >= 11 is 0. The van der Waals surface area contributed by atoms with Crippen LogP contribution in [0.25, 0.3) is 0 Å². The van der Waals surface area contributed by atoms with Crippen molar-refractivity contribution in [2.24, 2.45) is 0 Å². The molecule has 4 nitrogen and oxygen atoms in total. The molecule has 0 radical (unpaired) electrons. The summed E-state index contributed by atoms with van der Waals surface area (Å²) in [6.45, 7) is 6.23. The molecule has 1 aliphatic rings. The van der Waals surface area contributed by atoms with Gasteiger partial charge in [0.1, 0.15) is 11.6 Å². The Balaban J connectivity index is 2.21. The number of nitrogens with zero attached hydrogens (tertiary/aromatic N) is 3. The third kappa shape index (κ3) is 1.66. The van der Waals surface area contributed by atoms with Gasteiger partial charge in [0.25, 0.3) is 0 Å². The topological polar surface area (TPSA) is 42.7 Å². The van der Waals surface area contributed by atoms with Gasteiger partial charge in [0.2, 0.25) is 0 Å². The van der Waals surface area contributed by atoms with Crippen LogP contribution in [-0.4, -0.2) is 21.3 Å². The average Bonchev–Trinajstić information content (AvgIpc) is 2.61. The van der Waals surface area contributed by atoms with Crippen LogP contribution in [-0.2, 0) is 6.54 Å². The summed E-state index contributed by atoms with van der Waals surface area (Å²) in [7, 11) is 0. The van der Waals surface area contributed by atoms with E-state index < -0.39 is 0 Å². The van der Waals surface area contributed by atoms with E-state index in [4.69, 9.17) is 0 Å². The maximum Gasteiger partial charge on any atom is 0.150 e. The minimum atomic E-state index is 0.421. The zero-order valence-corrected chi connectivity index (χ0v) is 8.95. The predicted molar refractivity (Wildman–Crippen MR) is 55.0 cm³/mol. The van der Waals surface area contributed by atoms with E-state index in [-0.39, 0.29) is 0 Å². The van der Waals surface area contributed by atoms with E-state index in [2.05, 4.69) is 27.0 Å². The molecular formula is C10H18N4. The van der Waals surface area contributed by atoms with Gasteiger partial charge in [0, 0.05) is 6.54 Å². The van der Waals surface area contributed by atoms with Crippen LogP contribution in [0.15, 0.2) is 0 Å². The SMILES string of the molecule is CCn1c(C)nnc1C1CCCCN1. The number of hydrogen-bond donors (Lipinski definition) is 1. The lowest BCUT2D eigenvalue weighted by Crippen LogP contribution is -2.29. The maximum atomic E-state index is 4.26. The number of nitrogens with one attached hydrogen (secondary N) is 1. The average molecular weight is 194 g/mol. The van der Waals surface area contributed by atoms with Crippen LogP contribution in [0.1, 0.15) is 43.9 Å². The Labute approximate surface area is 84.7 Å². The molecule has 0 spiro atoms. The molecule has 0 saturated carbocycles. The molecule has 1 atom stereocenters. The molecule has 0 bridgehead atoms. The summed E-state index contributed by atoms with van der Waals surface area (Å²) in [5.74, 6) is 2.14. The Bertz CT molecular complexity index is 299. The Hall–Kier alpha value is -0.900. The van der Waals surface area contributed by atoms with Crippen LogP contribution in [0.5, 0.6) is 0 Å². The fourth-order valence-electron chi connectivity index (χ4n) is 2.12. The van der Waals surface area contributed by atoms with Gasteiger partial charge in [-0.1, -0.05) is 6.42 Å². The van der Waals surface area contributed by atoms with Crippen LogP contribution in [0.4, 0.5) is 0 Å². The highest BCUT2D eigenvalue weighted by Crippen LogP contribution is 2.21. The van der Waals surface area contributed by atoms with Gasteiger partial charge >= 0.3 is 0 Å². The summed E-state index contributed by atoms with van der Waals surface area (Å²) in [5.41, 5.74) is 0. The van der Waals surface area contributed by atoms with Gasteiger partial charge in [-0.3, -0.25) is 0 Å². The first-order valence-corrected chi connectivity index (χ1v) is 5.46. The molecule has 2 rings (SSSR count). The van der Waals surface area contributed by atoms with E-state index in [0.717, 1.165) is 24.7 Å². The second-order valence-corrected chi connectivity index (χ2v) is 3.85. The molecule has 4 heteroatoms. The Morgan fingerprint density at radius 2 is 2.29 bits per heavy atom. The lowest BCUT2D eigenvalue weighted by Gasteiger charge is -2.23. The summed E-state index contributed by atoms with van der Waals surface area (Å²) < 4.78 is 2.20. The Kier molecular flexibility index (Phi) is 2.82. The molecule has 1 unspecified atom stereocenters. The fraction of sp³-hybridized carbons (Fsp3) is 0.800. The highest BCUT2D eigenvalue weighted by atomic mass is 15.3. The van der Waals surface area contributed by atoms with Crippen molar-refractivity contribution >= 4 is 0 Å². The van der Waals surface area contributed by atoms with E-state index >= 15 is 0 Å². The lowest BCUT2D eigenvalue weighted by atomic mass is 10.0. The first-order valence-electron chi connectivity index (χ1n) is 5.46. The summed E-state index contributed by atoms with van der Waals surface area (Å²) in [5, 5.41) is 11.9. The van der Waals surface area contributed by atoms with Crippen molar-refractivity contribution in [2.45, 2.75) is 45.7 Å². The molecule has 14 heavy (non-hydrogen) atoms. The second-order valence-electron chi connectivity index (χ2n) is 3.85. The third-order valence-corrected chi connectivity index (χ3v) is 2.90. The van der Waals surface area contributed by atoms with Crippen molar-refractivity contribution in [3.05, 3.63) is 11.6 Å². The number of piperidine rings is 1. The number of aryl methyl sites for hydroxylation is 1. The van der Waals surface area contributed by atoms with E-state index in [1.807, 2.05) is 6.92 Å². The van der Waals surface area contributed by atoms with Crippen LogP contribution >= 0.6 is 0 Å². The van der Waals surface area contributed by atoms with Crippen molar-refractivity contribution in [3.8, 4) is 0 Å². The molecule has 0 aromatic carbocycles. The lowest BCUT2D eigenvalue weighted by molar-refractivity contribution is 0.385. The van der Waals surface area contributed by atoms with Gasteiger partial charge in [-0.2, -0.15) is 0 Å². The van der Waals surface area contributed by atoms with Gasteiger partial charge < -0.3 is 9.88 Å². The molecule has 1 aromatic rings. The van der Waals surface area contributed by atoms with Gasteiger partial charge in [-0.05, 0) is 33.2 Å². The van der Waals surface area contributed by atoms with Crippen molar-refractivity contribution in [3.63, 3.8) is 0 Å². The summed E-state index contributed by atoms with van der Waals surface area (Å²) in [6.07, 6.45) is 3.78. The minimum Gasteiger partial charge on any atom is -0.314 e. The molecule has 78 valence electrons. The van der Waals surface area contributed by atoms with E-state index in [1.165, 1.54) is 19.3 Å². The summed E-state index contributed by atoms with van der Waals surface area (Å²) in [6, 6.07) is 0.421. The molecule has 0 aliphatic carbocycles. The highest BCUT2D eigenvalue weighted by Gasteiger charge is 2.20. The van der Waals surface area contributed by atoms with Crippen LogP contribution in [0.3, 0.4) is 0 Å². The van der Waals surface area contributed by atoms with Gasteiger partial charge in [-0.15, -0.1) is 10.2 Å². The van der Waals surface area contributed by atoms with Crippen LogP contribution in [0.2, 0.25) is 0 Å². The van der Waals surface area contributed by atoms with Crippen molar-refractivity contribution in [2.75, 3.05) is 6.54 Å². The Morgan fingerprint density at radius 1 is 1.43 bits per heavy atom. The molecule has 2 heterocycles. The second kappa shape index (κ2) is 4.09. The standard InChI is InChI=1S/C10H18N4/c1-3-14-8(2)12-13-10(14)9-6-4-5-7-11-9/h9,11H,3-7H2,1-2H3. The first kappa shape index (κ1) is 9.65. The largest absolute Gasteiger partial charge is 0.314 e. The molecule has 1 aromatic heterocycles. The zero-order chi connectivity index (χ0) is 9.97. The van der Waals surface area contributed by atoms with Crippen LogP contribution in [0, 0.1) is 6.92 Å². The van der Waals surface area contributed by atoms with Crippen molar-refractivity contribution in [1.82, 2.24) is 20.1 Å². The van der Waals surface area contributed by atoms with Crippen molar-refractivity contribution in [1.29, 1.82) is 0 Å². The number of rotatable bonds is 2. The van der Waals surface area contributed by atoms with Crippen molar-refractivity contribution < 1.29 is 0 Å². The maximum absolute atomic E-state index is 4.26. The van der Waals surface area contributed by atoms with Crippen LogP contribution < -0.4 is 5.32 Å². The monoisotopic (exact) mass is 194 g/mol. The highest BCUT2D eigenvalue weighted by molar-refractivity contribution is 5.01. The van der Waals surface area contributed by atoms with E-state index in [9.17, 15) is 0 Å².